The van der Waals surface area contributed by atoms with Gasteiger partial charge in [0.1, 0.15) is 0 Å². The molecule has 11 rings (SSSR count). The number of benzene rings is 8. The first kappa shape index (κ1) is 38.6. The summed E-state index contributed by atoms with van der Waals surface area (Å²) in [6.07, 6.45) is 8.71. The van der Waals surface area contributed by atoms with Crippen molar-refractivity contribution in [3.8, 4) is 0 Å². The molecular weight excluding hydrogens is 813 g/mol. The second-order valence-electron chi connectivity index (χ2n) is 15.8. The van der Waals surface area contributed by atoms with E-state index in [1.165, 1.54) is 5.56 Å². The summed E-state index contributed by atoms with van der Waals surface area (Å²) in [5.41, 5.74) is 9.60. The van der Waals surface area contributed by atoms with Crippen LogP contribution in [0.5, 0.6) is 0 Å². The van der Waals surface area contributed by atoms with Crippen molar-refractivity contribution in [1.29, 1.82) is 0 Å². The quantitative estimate of drug-likeness (QED) is 0.138. The highest BCUT2D eigenvalue weighted by molar-refractivity contribution is 7.76. The Morgan fingerprint density at radius 1 is 0.524 bits per heavy atom. The van der Waals surface area contributed by atoms with Gasteiger partial charge in [-0.1, -0.05) is 140 Å². The summed E-state index contributed by atoms with van der Waals surface area (Å²) >= 11 is 0. The molecule has 0 spiro atoms. The van der Waals surface area contributed by atoms with Crippen molar-refractivity contribution in [1.82, 2.24) is 0 Å². The minimum Gasteiger partial charge on any atom is -0.354 e. The van der Waals surface area contributed by atoms with Gasteiger partial charge in [0.25, 0.3) is 0 Å². The van der Waals surface area contributed by atoms with Crippen molar-refractivity contribution in [2.45, 2.75) is 12.0 Å². The van der Waals surface area contributed by atoms with Gasteiger partial charge >= 0.3 is 7.44 Å². The van der Waals surface area contributed by atoms with Gasteiger partial charge in [0.2, 0.25) is 0 Å². The molecule has 7 nitrogen and oxygen atoms in total. The van der Waals surface area contributed by atoms with Gasteiger partial charge in [-0.25, -0.2) is 0 Å². The third-order valence-corrected chi connectivity index (χ3v) is 16.6. The minimum absolute atomic E-state index is 0.0454. The Balaban J connectivity index is 1.17. The third-order valence-electron chi connectivity index (χ3n) is 12.0. The van der Waals surface area contributed by atoms with Crippen LogP contribution in [0.1, 0.15) is 11.5 Å². The van der Waals surface area contributed by atoms with Crippen LogP contribution in [0.25, 0.3) is 0 Å². The predicted molar refractivity (Wildman–Crippen MR) is 264 cm³/mol. The monoisotopic (exact) mass is 855 g/mol. The fourth-order valence-electron chi connectivity index (χ4n) is 9.30. The van der Waals surface area contributed by atoms with E-state index < -0.39 is 15.4 Å². The molecule has 0 saturated heterocycles. The summed E-state index contributed by atoms with van der Waals surface area (Å²) in [5, 5.41) is 4.75. The van der Waals surface area contributed by atoms with E-state index >= 15 is 9.13 Å². The van der Waals surface area contributed by atoms with E-state index in [1.54, 1.807) is 0 Å². The number of hydrogen-bond donors (Lipinski definition) is 1. The van der Waals surface area contributed by atoms with Crippen LogP contribution in [0.4, 0.5) is 56.9 Å². The molecule has 0 aromatic heterocycles. The molecule has 3 aliphatic rings. The maximum atomic E-state index is 17.3. The van der Waals surface area contributed by atoms with Crippen LogP contribution in [0.3, 0.4) is 0 Å². The highest BCUT2D eigenvalue weighted by Crippen LogP contribution is 2.70. The Morgan fingerprint density at radius 2 is 1.06 bits per heavy atom. The van der Waals surface area contributed by atoms with E-state index in [2.05, 4.69) is 70.9 Å². The molecule has 8 aromatic carbocycles. The summed E-state index contributed by atoms with van der Waals surface area (Å²) in [7, 11) is -6.86. The maximum absolute atomic E-state index is 17.3. The zero-order chi connectivity index (χ0) is 42.3. The van der Waals surface area contributed by atoms with Gasteiger partial charge in [0, 0.05) is 45.3 Å². The van der Waals surface area contributed by atoms with Crippen LogP contribution in [0.15, 0.2) is 237 Å². The van der Waals surface area contributed by atoms with Gasteiger partial charge in [-0.15, -0.1) is 0 Å². The lowest BCUT2D eigenvalue weighted by atomic mass is 9.91. The molecule has 1 aliphatic carbocycles. The van der Waals surface area contributed by atoms with Crippen LogP contribution < -0.4 is 34.8 Å². The summed E-state index contributed by atoms with van der Waals surface area (Å²) in [6, 6.07) is 70.5. The van der Waals surface area contributed by atoms with Gasteiger partial charge in [-0.05, 0) is 103 Å². The van der Waals surface area contributed by atoms with E-state index in [9.17, 15) is 0 Å². The number of rotatable bonds is 10. The molecule has 1 N–H and O–H groups in total. The van der Waals surface area contributed by atoms with Gasteiger partial charge in [-0.2, -0.15) is 0 Å². The zero-order valence-electron chi connectivity index (χ0n) is 34.2. The van der Waals surface area contributed by atoms with E-state index in [-0.39, 0.29) is 12.0 Å². The van der Waals surface area contributed by atoms with Crippen LogP contribution in [-0.2, 0) is 9.13 Å². The van der Waals surface area contributed by atoms with E-state index in [1.807, 2.05) is 190 Å². The molecule has 0 saturated carbocycles. The molecule has 3 atom stereocenters. The van der Waals surface area contributed by atoms with Gasteiger partial charge in [-0.3, -0.25) is 23.1 Å². The Morgan fingerprint density at radius 3 is 1.73 bits per heavy atom. The van der Waals surface area contributed by atoms with Crippen LogP contribution in [-0.4, -0.2) is 6.04 Å². The number of fused-ring (bicyclic) bond motifs is 4. The number of hydrogen-bond acceptors (Lipinski definition) is 4. The number of para-hydroxylation sites is 9. The Labute approximate surface area is 368 Å². The minimum atomic E-state index is -3.90. The van der Waals surface area contributed by atoms with Crippen molar-refractivity contribution >= 4 is 82.9 Å². The highest BCUT2D eigenvalue weighted by Gasteiger charge is 2.50. The van der Waals surface area contributed by atoms with Gasteiger partial charge in [0.15, 0.2) is 7.95 Å². The number of nitrogens with one attached hydrogen (secondary N) is 1. The lowest BCUT2D eigenvalue weighted by Gasteiger charge is -2.35. The molecule has 0 fully saturated rings. The van der Waals surface area contributed by atoms with Crippen molar-refractivity contribution in [3.63, 3.8) is 0 Å². The van der Waals surface area contributed by atoms with Crippen molar-refractivity contribution in [2.75, 3.05) is 24.2 Å². The molecular formula is C54H43N5O2P2. The van der Waals surface area contributed by atoms with Crippen molar-refractivity contribution < 1.29 is 9.13 Å². The second kappa shape index (κ2) is 16.2. The Kier molecular flexibility index (Phi) is 9.92. The molecule has 2 aliphatic heterocycles. The number of anilines is 10. The lowest BCUT2D eigenvalue weighted by molar-refractivity contribution is 0.582. The molecule has 63 heavy (non-hydrogen) atoms. The standard InChI is InChI=1S/C54H43N5O2P2/c60-62(57(41-23-7-2-8-24-41)52-34-18-15-31-49(52)55-40-21-5-1-6-22-40)45-37-44(56-50-32-16-13-29-47(50)48-30-14-17-33-51(48)56)38-46(39-45)63(61)58(42-25-9-3-10-26-42)53-35-19-20-36-54(53)59(63)43-27-11-4-12-28-43/h1-39,47,50,55,62H. The number of allylic oxidation sites excluding steroid dienone is 2. The van der Waals surface area contributed by atoms with Gasteiger partial charge in [0.05, 0.1) is 34.1 Å². The molecule has 3 unspecified atom stereocenters. The summed E-state index contributed by atoms with van der Waals surface area (Å²) in [5.74, 6) is 0.112. The molecule has 0 amide bonds. The SMILES string of the molecule is O=[PH](c1cc(N2c3ccccc3C3C=CC=CC32)cc(P2(=O)N(c3ccccc3)c3ccccc3N2c2ccccc2)c1)N(c1ccccc1)c1ccccc1Nc1ccccc1. The average Bonchev–Trinajstić information content (AvgIpc) is 3.83. The Bertz CT molecular complexity index is 3020. The maximum Gasteiger partial charge on any atom is 0.301 e. The average molecular weight is 856 g/mol. The van der Waals surface area contributed by atoms with Crippen molar-refractivity contribution in [3.05, 3.63) is 242 Å². The lowest BCUT2D eigenvalue weighted by Crippen LogP contribution is -2.32. The normalized spacial score (nSPS) is 17.2. The first-order chi connectivity index (χ1) is 31.1. The summed E-state index contributed by atoms with van der Waals surface area (Å²) in [4.78, 5) is 2.34. The largest absolute Gasteiger partial charge is 0.354 e. The van der Waals surface area contributed by atoms with Crippen LogP contribution in [0, 0.1) is 0 Å². The molecule has 0 bridgehead atoms. The molecule has 0 radical (unpaired) electrons. The Hall–Kier alpha value is -7.30. The molecule has 2 heterocycles. The fraction of sp³-hybridized carbons (Fsp3) is 0.0370. The second-order valence-corrected chi connectivity index (χ2v) is 19.8. The first-order valence-corrected chi connectivity index (χ1v) is 24.1. The summed E-state index contributed by atoms with van der Waals surface area (Å²) < 4.78 is 39.4. The van der Waals surface area contributed by atoms with E-state index in [4.69, 9.17) is 0 Å². The van der Waals surface area contributed by atoms with E-state index in [0.717, 1.165) is 56.9 Å². The van der Waals surface area contributed by atoms with E-state index in [0.29, 0.717) is 10.6 Å². The van der Waals surface area contributed by atoms with Gasteiger partial charge < -0.3 is 10.2 Å². The first-order valence-electron chi connectivity index (χ1n) is 21.2. The van der Waals surface area contributed by atoms with Crippen LogP contribution in [0.2, 0.25) is 0 Å². The topological polar surface area (TPSA) is 59.1 Å². The van der Waals surface area contributed by atoms with Crippen LogP contribution >= 0.6 is 15.4 Å². The predicted octanol–water partition coefficient (Wildman–Crippen LogP) is 13.9. The molecule has 9 heteroatoms. The molecule has 8 aromatic rings. The van der Waals surface area contributed by atoms with Crippen molar-refractivity contribution in [2.24, 2.45) is 0 Å². The smallest absolute Gasteiger partial charge is 0.301 e. The fourth-order valence-corrected chi connectivity index (χ4v) is 14.1. The highest BCUT2D eigenvalue weighted by atomic mass is 31.2. The zero-order valence-corrected chi connectivity index (χ0v) is 36.1. The molecule has 306 valence electrons. The summed E-state index contributed by atoms with van der Waals surface area (Å²) in [6.45, 7) is 0. The number of nitrogens with zero attached hydrogens (tertiary/aromatic N) is 4. The third kappa shape index (κ3) is 6.69.